The molecule has 7 heteroatoms. The summed E-state index contributed by atoms with van der Waals surface area (Å²) in [5.41, 5.74) is 7.64. The molecule has 4 atom stereocenters. The fourth-order valence-corrected chi connectivity index (χ4v) is 5.67. The summed E-state index contributed by atoms with van der Waals surface area (Å²) in [4.78, 5) is 8.62. The minimum atomic E-state index is -0.539. The molecule has 0 amide bonds. The zero-order valence-corrected chi connectivity index (χ0v) is 15.5. The number of nitrogens with zero attached hydrogens (tertiary/aromatic N) is 2. The number of hydrogen-bond acceptors (Lipinski definition) is 6. The van der Waals surface area contributed by atoms with Gasteiger partial charge < -0.3 is 15.6 Å². The Balaban J connectivity index is 1.68. The van der Waals surface area contributed by atoms with Crippen LogP contribution < -0.4 is 10.5 Å². The van der Waals surface area contributed by atoms with Crippen molar-refractivity contribution in [1.82, 2.24) is 4.98 Å². The standard InChI is InChI=1S/C20H20FN3O2S/c21-18-13(2-1-7-23-18)11-3-5-16-14(8-11)20(10-27-19(22)24-20)15-9-12(25)4-6-17(15)26-16/h1-3,5,7-8,12,15,17,25H,4,6,9-10H2,(H2,22,24). The van der Waals surface area contributed by atoms with E-state index in [-0.39, 0.29) is 18.1 Å². The molecular weight excluding hydrogens is 365 g/mol. The van der Waals surface area contributed by atoms with Crippen molar-refractivity contribution in [3.63, 3.8) is 0 Å². The van der Waals surface area contributed by atoms with E-state index in [0.29, 0.717) is 22.9 Å². The molecule has 5 rings (SSSR count). The van der Waals surface area contributed by atoms with Crippen LogP contribution in [0.2, 0.25) is 0 Å². The number of pyridine rings is 1. The average molecular weight is 385 g/mol. The van der Waals surface area contributed by atoms with E-state index >= 15 is 0 Å². The van der Waals surface area contributed by atoms with Crippen LogP contribution in [0.15, 0.2) is 41.5 Å². The van der Waals surface area contributed by atoms with Gasteiger partial charge in [0, 0.05) is 29.0 Å². The van der Waals surface area contributed by atoms with Crippen LogP contribution in [0.1, 0.15) is 24.8 Å². The predicted octanol–water partition coefficient (Wildman–Crippen LogP) is 3.07. The first-order chi connectivity index (χ1) is 13.1. The molecule has 3 N–H and O–H groups in total. The van der Waals surface area contributed by atoms with Crippen molar-refractivity contribution in [3.05, 3.63) is 48.0 Å². The van der Waals surface area contributed by atoms with Crippen molar-refractivity contribution in [2.45, 2.75) is 37.0 Å². The first kappa shape index (κ1) is 17.0. The van der Waals surface area contributed by atoms with Gasteiger partial charge in [0.15, 0.2) is 5.17 Å². The van der Waals surface area contributed by atoms with Gasteiger partial charge in [-0.2, -0.15) is 4.39 Å². The van der Waals surface area contributed by atoms with E-state index in [0.717, 1.165) is 29.7 Å². The third-order valence-electron chi connectivity index (χ3n) is 5.92. The van der Waals surface area contributed by atoms with Gasteiger partial charge in [-0.1, -0.05) is 17.8 Å². The summed E-state index contributed by atoms with van der Waals surface area (Å²) in [5, 5.41) is 10.8. The van der Waals surface area contributed by atoms with Crippen molar-refractivity contribution in [2.75, 3.05) is 5.75 Å². The normalized spacial score (nSPS) is 31.8. The van der Waals surface area contributed by atoms with Crippen molar-refractivity contribution >= 4 is 16.9 Å². The first-order valence-corrected chi connectivity index (χ1v) is 10.1. The average Bonchev–Trinajstić information content (AvgIpc) is 3.06. The summed E-state index contributed by atoms with van der Waals surface area (Å²) in [6, 6.07) is 9.15. The number of aliphatic imine (C=N–C) groups is 1. The number of thioether (sulfide) groups is 1. The Morgan fingerprint density at radius 3 is 2.96 bits per heavy atom. The van der Waals surface area contributed by atoms with Crippen molar-refractivity contribution < 1.29 is 14.2 Å². The maximum atomic E-state index is 14.2. The Morgan fingerprint density at radius 1 is 1.30 bits per heavy atom. The number of hydrogen-bond donors (Lipinski definition) is 2. The van der Waals surface area contributed by atoms with Crippen molar-refractivity contribution in [3.8, 4) is 16.9 Å². The zero-order valence-electron chi connectivity index (χ0n) is 14.6. The molecule has 0 bridgehead atoms. The van der Waals surface area contributed by atoms with Crippen molar-refractivity contribution in [1.29, 1.82) is 0 Å². The molecule has 2 aliphatic heterocycles. The summed E-state index contributed by atoms with van der Waals surface area (Å²) in [6.45, 7) is 0. The van der Waals surface area contributed by atoms with E-state index < -0.39 is 11.5 Å². The molecule has 4 unspecified atom stereocenters. The van der Waals surface area contributed by atoms with Gasteiger partial charge in [0.05, 0.1) is 6.10 Å². The van der Waals surface area contributed by atoms with Gasteiger partial charge in [0.2, 0.25) is 5.95 Å². The van der Waals surface area contributed by atoms with E-state index in [2.05, 4.69) is 4.98 Å². The van der Waals surface area contributed by atoms with Crippen LogP contribution in [0, 0.1) is 11.9 Å². The Morgan fingerprint density at radius 2 is 2.19 bits per heavy atom. The summed E-state index contributed by atoms with van der Waals surface area (Å²) in [7, 11) is 0. The molecular formula is C20H20FN3O2S. The SMILES string of the molecule is NC1=NC2(CS1)c1cc(-c3cccnc3F)ccc1OC1CCC(O)CC12. The van der Waals surface area contributed by atoms with Crippen LogP contribution in [-0.2, 0) is 5.54 Å². The highest BCUT2D eigenvalue weighted by Crippen LogP contribution is 2.54. The number of fused-ring (bicyclic) bond motifs is 4. The lowest BCUT2D eigenvalue weighted by atomic mass is 9.68. The molecule has 1 aromatic carbocycles. The molecule has 1 aliphatic carbocycles. The van der Waals surface area contributed by atoms with Gasteiger partial charge in [0.25, 0.3) is 0 Å². The second kappa shape index (κ2) is 6.21. The number of rotatable bonds is 1. The highest BCUT2D eigenvalue weighted by atomic mass is 32.2. The molecule has 140 valence electrons. The van der Waals surface area contributed by atoms with Gasteiger partial charge in [-0.15, -0.1) is 0 Å². The van der Waals surface area contributed by atoms with E-state index in [1.807, 2.05) is 18.2 Å². The Hall–Kier alpha value is -2.12. The highest BCUT2D eigenvalue weighted by Gasteiger charge is 2.54. The lowest BCUT2D eigenvalue weighted by molar-refractivity contribution is -0.0236. The van der Waals surface area contributed by atoms with Crippen LogP contribution in [0.5, 0.6) is 5.75 Å². The molecule has 2 aromatic rings. The molecule has 0 radical (unpaired) electrons. The largest absolute Gasteiger partial charge is 0.490 e. The molecule has 1 saturated carbocycles. The molecule has 0 saturated heterocycles. The van der Waals surface area contributed by atoms with E-state index in [1.54, 1.807) is 12.1 Å². The fraction of sp³-hybridized carbons (Fsp3) is 0.400. The number of aliphatic hydroxyl groups excluding tert-OH is 1. The maximum Gasteiger partial charge on any atom is 0.220 e. The van der Waals surface area contributed by atoms with Gasteiger partial charge in [-0.3, -0.25) is 0 Å². The van der Waals surface area contributed by atoms with E-state index in [1.165, 1.54) is 18.0 Å². The van der Waals surface area contributed by atoms with Gasteiger partial charge in [-0.25, -0.2) is 9.98 Å². The minimum Gasteiger partial charge on any atom is -0.490 e. The quantitative estimate of drug-likeness (QED) is 0.738. The van der Waals surface area contributed by atoms with Crippen molar-refractivity contribution in [2.24, 2.45) is 16.6 Å². The molecule has 3 heterocycles. The molecule has 1 spiro atoms. The monoisotopic (exact) mass is 385 g/mol. The minimum absolute atomic E-state index is 0.0112. The number of halogens is 1. The number of ether oxygens (including phenoxy) is 1. The molecule has 27 heavy (non-hydrogen) atoms. The van der Waals surface area contributed by atoms with Gasteiger partial charge in [-0.05, 0) is 49.1 Å². The van der Waals surface area contributed by atoms with Crippen LogP contribution in [0.4, 0.5) is 4.39 Å². The lowest BCUT2D eigenvalue weighted by Crippen LogP contribution is -2.51. The maximum absolute atomic E-state index is 14.2. The summed E-state index contributed by atoms with van der Waals surface area (Å²) in [5.74, 6) is 1.04. The number of aliphatic hydroxyl groups is 1. The lowest BCUT2D eigenvalue weighted by Gasteiger charge is -2.48. The van der Waals surface area contributed by atoms with Gasteiger partial charge >= 0.3 is 0 Å². The summed E-state index contributed by atoms with van der Waals surface area (Å²) >= 11 is 1.53. The number of amidine groups is 1. The fourth-order valence-electron chi connectivity index (χ4n) is 4.64. The molecule has 3 aliphatic rings. The topological polar surface area (TPSA) is 80.7 Å². The van der Waals surface area contributed by atoms with E-state index in [4.69, 9.17) is 15.5 Å². The van der Waals surface area contributed by atoms with Crippen LogP contribution in [0.3, 0.4) is 0 Å². The highest BCUT2D eigenvalue weighted by molar-refractivity contribution is 8.14. The van der Waals surface area contributed by atoms with Crippen LogP contribution in [-0.4, -0.2) is 33.2 Å². The second-order valence-corrected chi connectivity index (χ2v) is 8.44. The van der Waals surface area contributed by atoms with E-state index in [9.17, 15) is 9.50 Å². The van der Waals surface area contributed by atoms with Gasteiger partial charge in [0.1, 0.15) is 17.4 Å². The predicted molar refractivity (Wildman–Crippen MR) is 103 cm³/mol. The Bertz CT molecular complexity index is 937. The molecule has 1 fully saturated rings. The van der Waals surface area contributed by atoms with Crippen LogP contribution >= 0.6 is 11.8 Å². The number of benzene rings is 1. The third-order valence-corrected chi connectivity index (χ3v) is 6.89. The smallest absolute Gasteiger partial charge is 0.220 e. The zero-order chi connectivity index (χ0) is 18.6. The third kappa shape index (κ3) is 2.63. The Kier molecular flexibility index (Phi) is 3.91. The van der Waals surface area contributed by atoms with Crippen LogP contribution in [0.25, 0.3) is 11.1 Å². The summed E-state index contributed by atoms with van der Waals surface area (Å²) in [6.07, 6.45) is 3.26. The Labute approximate surface area is 160 Å². The number of aromatic nitrogens is 1. The first-order valence-electron chi connectivity index (χ1n) is 9.15. The second-order valence-electron chi connectivity index (χ2n) is 7.45. The summed E-state index contributed by atoms with van der Waals surface area (Å²) < 4.78 is 20.5. The molecule has 5 nitrogen and oxygen atoms in total. The molecule has 1 aromatic heterocycles. The number of nitrogens with two attached hydrogens (primary N) is 1.